The van der Waals surface area contributed by atoms with E-state index in [0.29, 0.717) is 35.8 Å². The van der Waals surface area contributed by atoms with Gasteiger partial charge in [-0.2, -0.15) is 4.98 Å². The van der Waals surface area contributed by atoms with Gasteiger partial charge in [-0.1, -0.05) is 42.5 Å². The Balaban J connectivity index is 1.88. The van der Waals surface area contributed by atoms with Gasteiger partial charge in [-0.3, -0.25) is 18.7 Å². The molecule has 1 fully saturated rings. The summed E-state index contributed by atoms with van der Waals surface area (Å²) in [6.45, 7) is 3.41. The summed E-state index contributed by atoms with van der Waals surface area (Å²) in [4.78, 5) is 46.0. The zero-order valence-corrected chi connectivity index (χ0v) is 18.4. The molecule has 0 bridgehead atoms. The molecule has 32 heavy (non-hydrogen) atoms. The van der Waals surface area contributed by atoms with E-state index < -0.39 is 11.2 Å². The number of anilines is 1. The van der Waals surface area contributed by atoms with Crippen molar-refractivity contribution in [1.29, 1.82) is 0 Å². The van der Waals surface area contributed by atoms with E-state index in [1.54, 1.807) is 31.3 Å². The first kappa shape index (κ1) is 21.8. The van der Waals surface area contributed by atoms with Gasteiger partial charge >= 0.3 is 5.69 Å². The molecule has 0 radical (unpaired) electrons. The van der Waals surface area contributed by atoms with Crippen LogP contribution in [0.25, 0.3) is 11.2 Å². The van der Waals surface area contributed by atoms with Gasteiger partial charge in [0.2, 0.25) is 5.95 Å². The number of carbonyl (C=O) groups excluding carboxylic acids is 1. The number of aryl methyl sites for hydroxylation is 1. The number of carbonyl (C=O) groups is 1. The van der Waals surface area contributed by atoms with E-state index >= 15 is 0 Å². The highest BCUT2D eigenvalue weighted by atomic mass is 16.2. The van der Waals surface area contributed by atoms with Gasteiger partial charge in [-0.15, -0.1) is 0 Å². The van der Waals surface area contributed by atoms with Crippen LogP contribution in [0.4, 0.5) is 5.95 Å². The molecule has 3 aromatic rings. The molecule has 1 aromatic carbocycles. The van der Waals surface area contributed by atoms with Crippen molar-refractivity contribution < 1.29 is 4.79 Å². The lowest BCUT2D eigenvalue weighted by Crippen LogP contribution is -2.44. The van der Waals surface area contributed by atoms with Crippen LogP contribution in [0.1, 0.15) is 30.1 Å². The highest BCUT2D eigenvalue weighted by Gasteiger charge is 2.26. The van der Waals surface area contributed by atoms with Crippen LogP contribution in [0.3, 0.4) is 0 Å². The first-order valence-corrected chi connectivity index (χ1v) is 10.8. The van der Waals surface area contributed by atoms with Crippen molar-refractivity contribution in [2.75, 3.05) is 18.0 Å². The van der Waals surface area contributed by atoms with Crippen molar-refractivity contribution in [2.24, 2.45) is 12.8 Å². The number of benzene rings is 1. The van der Waals surface area contributed by atoms with E-state index in [1.807, 2.05) is 29.7 Å². The SMILES string of the molecule is CC=CCn1c(N2CCCC(N)C2)nc2c1c(=O)n(CC(=O)c1ccccc1)c(=O)n2C. The van der Waals surface area contributed by atoms with Crippen LogP contribution in [0.2, 0.25) is 0 Å². The third kappa shape index (κ3) is 3.91. The molecule has 0 saturated carbocycles. The van der Waals surface area contributed by atoms with Crippen molar-refractivity contribution >= 4 is 22.9 Å². The van der Waals surface area contributed by atoms with E-state index in [-0.39, 0.29) is 18.4 Å². The molecule has 3 heterocycles. The number of piperidine rings is 1. The van der Waals surface area contributed by atoms with Crippen molar-refractivity contribution in [3.8, 4) is 0 Å². The summed E-state index contributed by atoms with van der Waals surface area (Å²) < 4.78 is 4.16. The molecule has 2 N–H and O–H groups in total. The minimum atomic E-state index is -0.565. The Kier molecular flexibility index (Phi) is 6.09. The summed E-state index contributed by atoms with van der Waals surface area (Å²) in [5, 5.41) is 0. The molecule has 1 atom stereocenters. The summed E-state index contributed by atoms with van der Waals surface area (Å²) in [7, 11) is 1.58. The van der Waals surface area contributed by atoms with Gasteiger partial charge < -0.3 is 15.2 Å². The monoisotopic (exact) mass is 436 g/mol. The van der Waals surface area contributed by atoms with E-state index in [1.165, 1.54) is 4.57 Å². The van der Waals surface area contributed by atoms with Crippen LogP contribution in [0.5, 0.6) is 0 Å². The van der Waals surface area contributed by atoms with E-state index in [9.17, 15) is 14.4 Å². The number of fused-ring (bicyclic) bond motifs is 1. The molecule has 1 saturated heterocycles. The smallest absolute Gasteiger partial charge is 0.332 e. The number of nitrogens with two attached hydrogens (primary N) is 1. The Morgan fingerprint density at radius 1 is 1.22 bits per heavy atom. The third-order valence-electron chi connectivity index (χ3n) is 5.87. The fraction of sp³-hybridized carbons (Fsp3) is 0.391. The summed E-state index contributed by atoms with van der Waals surface area (Å²) in [6, 6.07) is 8.68. The van der Waals surface area contributed by atoms with Gasteiger partial charge in [0.25, 0.3) is 5.56 Å². The Labute approximate surface area is 185 Å². The van der Waals surface area contributed by atoms with Crippen molar-refractivity contribution in [3.05, 3.63) is 68.9 Å². The zero-order valence-electron chi connectivity index (χ0n) is 18.4. The average Bonchev–Trinajstić information content (AvgIpc) is 3.19. The fourth-order valence-electron chi connectivity index (χ4n) is 4.18. The maximum Gasteiger partial charge on any atom is 0.332 e. The van der Waals surface area contributed by atoms with Gasteiger partial charge in [0.15, 0.2) is 16.9 Å². The number of aromatic nitrogens is 4. The lowest BCUT2D eigenvalue weighted by molar-refractivity contribution is 0.0969. The molecule has 0 spiro atoms. The largest absolute Gasteiger partial charge is 0.341 e. The molecule has 1 unspecified atom stereocenters. The van der Waals surface area contributed by atoms with Crippen molar-refractivity contribution in [2.45, 2.75) is 38.9 Å². The number of allylic oxidation sites excluding steroid dienone is 2. The second-order valence-electron chi connectivity index (χ2n) is 8.13. The number of ketones is 1. The molecule has 9 nitrogen and oxygen atoms in total. The van der Waals surface area contributed by atoms with E-state index in [4.69, 9.17) is 5.73 Å². The Morgan fingerprint density at radius 3 is 2.66 bits per heavy atom. The van der Waals surface area contributed by atoms with Gasteiger partial charge in [-0.05, 0) is 19.8 Å². The van der Waals surface area contributed by atoms with Gasteiger partial charge in [0, 0.05) is 38.3 Å². The number of hydrogen-bond acceptors (Lipinski definition) is 6. The molecule has 9 heteroatoms. The number of nitrogens with zero attached hydrogens (tertiary/aromatic N) is 5. The molecule has 0 amide bonds. The summed E-state index contributed by atoms with van der Waals surface area (Å²) in [5.41, 5.74) is 6.16. The zero-order chi connectivity index (χ0) is 22.8. The predicted molar refractivity (Wildman–Crippen MR) is 124 cm³/mol. The molecule has 1 aliphatic rings. The highest BCUT2D eigenvalue weighted by Crippen LogP contribution is 2.23. The standard InChI is InChI=1S/C23H28N6O3/c1-3-4-13-28-19-20(25-22(28)27-12-8-11-17(24)14-27)26(2)23(32)29(21(19)31)15-18(30)16-9-6-5-7-10-16/h3-7,9-10,17H,8,11-15,24H2,1-2H3. The molecule has 4 rings (SSSR count). The third-order valence-corrected chi connectivity index (χ3v) is 5.87. The normalized spacial score (nSPS) is 16.8. The molecule has 2 aromatic heterocycles. The van der Waals surface area contributed by atoms with Crippen LogP contribution in [0.15, 0.2) is 52.1 Å². The Hall–Kier alpha value is -3.46. The Morgan fingerprint density at radius 2 is 1.97 bits per heavy atom. The lowest BCUT2D eigenvalue weighted by Gasteiger charge is -2.31. The van der Waals surface area contributed by atoms with E-state index in [0.717, 1.165) is 24.0 Å². The number of Topliss-reactive ketones (excluding diaryl/α,β-unsaturated/α-hetero) is 1. The highest BCUT2D eigenvalue weighted by molar-refractivity contribution is 5.95. The molecule has 0 aliphatic carbocycles. The van der Waals surface area contributed by atoms with E-state index in [2.05, 4.69) is 9.88 Å². The Bertz CT molecular complexity index is 1290. The van der Waals surface area contributed by atoms with Gasteiger partial charge in [0.05, 0.1) is 6.54 Å². The van der Waals surface area contributed by atoms with Crippen molar-refractivity contribution in [3.63, 3.8) is 0 Å². The first-order chi connectivity index (χ1) is 15.4. The minimum Gasteiger partial charge on any atom is -0.341 e. The predicted octanol–water partition coefficient (Wildman–Crippen LogP) is 1.28. The summed E-state index contributed by atoms with van der Waals surface area (Å²) in [6.07, 6.45) is 5.71. The van der Waals surface area contributed by atoms with Crippen LogP contribution in [-0.2, 0) is 20.1 Å². The van der Waals surface area contributed by atoms with Crippen LogP contribution in [0, 0.1) is 0 Å². The first-order valence-electron chi connectivity index (χ1n) is 10.8. The van der Waals surface area contributed by atoms with Gasteiger partial charge in [0.1, 0.15) is 0 Å². The quantitative estimate of drug-likeness (QED) is 0.461. The lowest BCUT2D eigenvalue weighted by atomic mass is 10.1. The summed E-state index contributed by atoms with van der Waals surface area (Å²) >= 11 is 0. The second-order valence-corrected chi connectivity index (χ2v) is 8.13. The van der Waals surface area contributed by atoms with Crippen LogP contribution in [-0.4, -0.2) is 43.6 Å². The average molecular weight is 437 g/mol. The van der Waals surface area contributed by atoms with Crippen molar-refractivity contribution in [1.82, 2.24) is 18.7 Å². The number of hydrogen-bond donors (Lipinski definition) is 1. The van der Waals surface area contributed by atoms with Gasteiger partial charge in [-0.25, -0.2) is 4.79 Å². The number of rotatable bonds is 6. The maximum atomic E-state index is 13.5. The molecule has 168 valence electrons. The summed E-state index contributed by atoms with van der Waals surface area (Å²) in [5.74, 6) is 0.318. The molecule has 1 aliphatic heterocycles. The molecular weight excluding hydrogens is 408 g/mol. The topological polar surface area (TPSA) is 108 Å². The number of imidazole rings is 1. The van der Waals surface area contributed by atoms with Crippen LogP contribution < -0.4 is 21.9 Å². The fourth-order valence-corrected chi connectivity index (χ4v) is 4.18. The molecular formula is C23H28N6O3. The van der Waals surface area contributed by atoms with Crippen LogP contribution >= 0.6 is 0 Å². The maximum absolute atomic E-state index is 13.5. The second kappa shape index (κ2) is 8.96. The minimum absolute atomic E-state index is 0.0303.